The topological polar surface area (TPSA) is 83.5 Å². The third-order valence-corrected chi connectivity index (χ3v) is 5.94. The van der Waals surface area contributed by atoms with Crippen molar-refractivity contribution in [1.29, 1.82) is 0 Å². The average Bonchev–Trinajstić information content (AvgIpc) is 3.27. The maximum absolute atomic E-state index is 12.3. The first-order chi connectivity index (χ1) is 10.4. The summed E-state index contributed by atoms with van der Waals surface area (Å²) in [6, 6.07) is 6.05. The zero-order chi connectivity index (χ0) is 15.8. The number of hydrogen-bond acceptors (Lipinski definition) is 4. The number of carbonyl (C=O) groups excluding carboxylic acids is 1. The predicted molar refractivity (Wildman–Crippen MR) is 82.1 cm³/mol. The van der Waals surface area contributed by atoms with Gasteiger partial charge in [0.2, 0.25) is 10.0 Å². The molecule has 0 spiro atoms. The minimum Gasteiger partial charge on any atom is -0.389 e. The van der Waals surface area contributed by atoms with Crippen molar-refractivity contribution in [3.63, 3.8) is 0 Å². The van der Waals surface area contributed by atoms with Gasteiger partial charge in [0.05, 0.1) is 10.5 Å². The lowest BCUT2D eigenvalue weighted by Crippen LogP contribution is -2.40. The zero-order valence-corrected chi connectivity index (χ0v) is 13.2. The van der Waals surface area contributed by atoms with Gasteiger partial charge >= 0.3 is 0 Å². The summed E-state index contributed by atoms with van der Waals surface area (Å²) in [7, 11) is -3.65. The standard InChI is InChI=1S/C16H21NO4S/c18-15(12-3-4-12)13-5-7-14(8-6-13)22(20,21)17-11-16(19)9-1-2-10-16/h5-8,12,17,19H,1-4,9-11H2. The van der Waals surface area contributed by atoms with Crippen LogP contribution in [0.4, 0.5) is 0 Å². The van der Waals surface area contributed by atoms with Gasteiger partial charge < -0.3 is 5.11 Å². The summed E-state index contributed by atoms with van der Waals surface area (Å²) < 4.78 is 27.0. The SMILES string of the molecule is O=C(c1ccc(S(=O)(=O)NCC2(O)CCCC2)cc1)C1CC1. The van der Waals surface area contributed by atoms with Gasteiger partial charge in [-0.2, -0.15) is 0 Å². The minimum absolute atomic E-state index is 0.0398. The monoisotopic (exact) mass is 323 g/mol. The summed E-state index contributed by atoms with van der Waals surface area (Å²) in [6.45, 7) is 0.0398. The van der Waals surface area contributed by atoms with Crippen LogP contribution in [0.3, 0.4) is 0 Å². The molecule has 0 heterocycles. The van der Waals surface area contributed by atoms with Gasteiger partial charge in [-0.25, -0.2) is 13.1 Å². The van der Waals surface area contributed by atoms with Crippen molar-refractivity contribution in [2.45, 2.75) is 49.0 Å². The lowest BCUT2D eigenvalue weighted by molar-refractivity contribution is 0.0531. The summed E-state index contributed by atoms with van der Waals surface area (Å²) in [6.07, 6.45) is 4.97. The molecule has 2 saturated carbocycles. The van der Waals surface area contributed by atoms with Gasteiger partial charge in [-0.3, -0.25) is 4.79 Å². The molecular weight excluding hydrogens is 302 g/mol. The van der Waals surface area contributed by atoms with Crippen molar-refractivity contribution in [2.75, 3.05) is 6.54 Å². The van der Waals surface area contributed by atoms with Crippen molar-refractivity contribution in [2.24, 2.45) is 5.92 Å². The lowest BCUT2D eigenvalue weighted by Gasteiger charge is -2.22. The summed E-state index contributed by atoms with van der Waals surface area (Å²) in [4.78, 5) is 12.0. The van der Waals surface area contributed by atoms with Crippen LogP contribution in [0.5, 0.6) is 0 Å². The Morgan fingerprint density at radius 1 is 1.18 bits per heavy atom. The Morgan fingerprint density at radius 2 is 1.77 bits per heavy atom. The molecule has 0 aromatic heterocycles. The summed E-state index contributed by atoms with van der Waals surface area (Å²) in [5.41, 5.74) is -0.356. The first kappa shape index (κ1) is 15.6. The summed E-state index contributed by atoms with van der Waals surface area (Å²) >= 11 is 0. The van der Waals surface area contributed by atoms with Crippen LogP contribution >= 0.6 is 0 Å². The molecule has 0 saturated heterocycles. The molecule has 2 fully saturated rings. The van der Waals surface area contributed by atoms with E-state index in [9.17, 15) is 18.3 Å². The normalized spacial score (nSPS) is 21.0. The van der Waals surface area contributed by atoms with Crippen LogP contribution in [0.15, 0.2) is 29.2 Å². The highest BCUT2D eigenvalue weighted by Gasteiger charge is 2.33. The number of aliphatic hydroxyl groups is 1. The number of ketones is 1. The molecule has 1 aromatic carbocycles. The molecule has 5 nitrogen and oxygen atoms in total. The fourth-order valence-corrected chi connectivity index (χ4v) is 4.02. The molecule has 1 aromatic rings. The van der Waals surface area contributed by atoms with E-state index in [1.807, 2.05) is 0 Å². The van der Waals surface area contributed by atoms with Gasteiger partial charge in [0, 0.05) is 18.0 Å². The van der Waals surface area contributed by atoms with Crippen molar-refractivity contribution < 1.29 is 18.3 Å². The molecule has 120 valence electrons. The van der Waals surface area contributed by atoms with Crippen molar-refractivity contribution in [1.82, 2.24) is 4.72 Å². The van der Waals surface area contributed by atoms with Crippen LogP contribution in [-0.4, -0.2) is 31.5 Å². The zero-order valence-electron chi connectivity index (χ0n) is 12.4. The second-order valence-electron chi connectivity index (χ2n) is 6.42. The number of hydrogen-bond donors (Lipinski definition) is 2. The van der Waals surface area contributed by atoms with E-state index in [-0.39, 0.29) is 23.1 Å². The quantitative estimate of drug-likeness (QED) is 0.783. The Balaban J connectivity index is 1.67. The molecule has 6 heteroatoms. The second kappa shape index (κ2) is 5.76. The van der Waals surface area contributed by atoms with Crippen LogP contribution in [0.1, 0.15) is 48.9 Å². The van der Waals surface area contributed by atoms with Crippen LogP contribution in [0, 0.1) is 5.92 Å². The Labute approximate surface area is 130 Å². The van der Waals surface area contributed by atoms with E-state index < -0.39 is 15.6 Å². The third kappa shape index (κ3) is 3.39. The molecule has 22 heavy (non-hydrogen) atoms. The molecular formula is C16H21NO4S. The van der Waals surface area contributed by atoms with Crippen LogP contribution in [-0.2, 0) is 10.0 Å². The molecule has 2 aliphatic carbocycles. The number of carbonyl (C=O) groups is 1. The molecule has 0 bridgehead atoms. The number of sulfonamides is 1. The third-order valence-electron chi connectivity index (χ3n) is 4.52. The Hall–Kier alpha value is -1.24. The van der Waals surface area contributed by atoms with E-state index in [1.54, 1.807) is 12.1 Å². The number of rotatable bonds is 6. The summed E-state index contributed by atoms with van der Waals surface area (Å²) in [5, 5.41) is 10.2. The fourth-order valence-electron chi connectivity index (χ4n) is 2.90. The van der Waals surface area contributed by atoms with Crippen molar-refractivity contribution in [3.05, 3.63) is 29.8 Å². The van der Waals surface area contributed by atoms with Crippen LogP contribution in [0.25, 0.3) is 0 Å². The van der Waals surface area contributed by atoms with Gasteiger partial charge in [0.15, 0.2) is 5.78 Å². The Bertz CT molecular complexity index is 656. The molecule has 0 unspecified atom stereocenters. The molecule has 0 atom stereocenters. The molecule has 2 aliphatic rings. The summed E-state index contributed by atoms with van der Waals surface area (Å²) in [5.74, 6) is 0.217. The van der Waals surface area contributed by atoms with E-state index >= 15 is 0 Å². The highest BCUT2D eigenvalue weighted by Crippen LogP contribution is 2.33. The van der Waals surface area contributed by atoms with Crippen molar-refractivity contribution in [3.8, 4) is 0 Å². The second-order valence-corrected chi connectivity index (χ2v) is 8.19. The predicted octanol–water partition coefficient (Wildman–Crippen LogP) is 1.86. The van der Waals surface area contributed by atoms with Gasteiger partial charge in [-0.15, -0.1) is 0 Å². The molecule has 3 rings (SSSR count). The Kier molecular flexibility index (Phi) is 4.09. The first-order valence-corrected chi connectivity index (χ1v) is 9.24. The molecule has 0 radical (unpaired) electrons. The minimum atomic E-state index is -3.65. The van der Waals surface area contributed by atoms with E-state index in [4.69, 9.17) is 0 Å². The molecule has 0 aliphatic heterocycles. The lowest BCUT2D eigenvalue weighted by atomic mass is 10.0. The van der Waals surface area contributed by atoms with E-state index in [1.165, 1.54) is 12.1 Å². The number of benzene rings is 1. The maximum atomic E-state index is 12.3. The average molecular weight is 323 g/mol. The van der Waals surface area contributed by atoms with Gasteiger partial charge in [0.25, 0.3) is 0 Å². The molecule has 0 amide bonds. The molecule has 2 N–H and O–H groups in total. The first-order valence-electron chi connectivity index (χ1n) is 7.76. The highest BCUT2D eigenvalue weighted by molar-refractivity contribution is 7.89. The Morgan fingerprint density at radius 3 is 2.32 bits per heavy atom. The smallest absolute Gasteiger partial charge is 0.240 e. The van der Waals surface area contributed by atoms with Crippen molar-refractivity contribution >= 4 is 15.8 Å². The number of nitrogens with one attached hydrogen (secondary N) is 1. The maximum Gasteiger partial charge on any atom is 0.240 e. The van der Waals surface area contributed by atoms with Gasteiger partial charge in [0.1, 0.15) is 0 Å². The van der Waals surface area contributed by atoms with Crippen LogP contribution < -0.4 is 4.72 Å². The highest BCUT2D eigenvalue weighted by atomic mass is 32.2. The van der Waals surface area contributed by atoms with E-state index in [0.717, 1.165) is 25.7 Å². The van der Waals surface area contributed by atoms with Crippen LogP contribution in [0.2, 0.25) is 0 Å². The van der Waals surface area contributed by atoms with Gasteiger partial charge in [-0.1, -0.05) is 25.0 Å². The number of Topliss-reactive ketones (excluding diaryl/α,β-unsaturated/α-hetero) is 1. The van der Waals surface area contributed by atoms with E-state index in [0.29, 0.717) is 18.4 Å². The van der Waals surface area contributed by atoms with E-state index in [2.05, 4.69) is 4.72 Å². The van der Waals surface area contributed by atoms with Gasteiger partial charge in [-0.05, 0) is 37.8 Å². The fraction of sp³-hybridized carbons (Fsp3) is 0.562. The largest absolute Gasteiger partial charge is 0.389 e.